The average Bonchev–Trinajstić information content (AvgIpc) is 3.55. The fourth-order valence-electron chi connectivity index (χ4n) is 5.11. The second-order valence-electron chi connectivity index (χ2n) is 10.3. The van der Waals surface area contributed by atoms with Crippen LogP contribution in [0.2, 0.25) is 0 Å². The molecule has 2 heteroatoms. The third-order valence-electron chi connectivity index (χ3n) is 7.10. The number of benzene rings is 4. The third-order valence-corrected chi connectivity index (χ3v) is 7.10. The van der Waals surface area contributed by atoms with E-state index in [4.69, 9.17) is 0 Å². The molecule has 204 valence electrons. The van der Waals surface area contributed by atoms with Crippen molar-refractivity contribution in [3.63, 3.8) is 0 Å². The molecule has 0 aliphatic rings. The Labute approximate surface area is 259 Å². The molecule has 40 heavy (non-hydrogen) atoms. The van der Waals surface area contributed by atoms with Crippen LogP contribution in [0.5, 0.6) is 0 Å². The van der Waals surface area contributed by atoms with Gasteiger partial charge in [-0.2, -0.15) is 12.1 Å². The molecule has 0 atom stereocenters. The first kappa shape index (κ1) is 33.4. The van der Waals surface area contributed by atoms with E-state index < -0.39 is 0 Å². The first-order valence-electron chi connectivity index (χ1n) is 13.1. The predicted molar refractivity (Wildman–Crippen MR) is 177 cm³/mol. The summed E-state index contributed by atoms with van der Waals surface area (Å²) in [6, 6.07) is 39.6. The van der Waals surface area contributed by atoms with Crippen molar-refractivity contribution in [2.45, 2.75) is 40.5 Å². The van der Waals surface area contributed by atoms with Gasteiger partial charge in [0.05, 0.1) is 0 Å². The van der Waals surface area contributed by atoms with Crippen molar-refractivity contribution in [2.24, 2.45) is 0 Å². The van der Waals surface area contributed by atoms with Gasteiger partial charge in [0.15, 0.2) is 0 Å². The molecular formula is C38H40SiZr-4. The van der Waals surface area contributed by atoms with Gasteiger partial charge < -0.3 is 14.9 Å². The van der Waals surface area contributed by atoms with Crippen LogP contribution in [0.4, 0.5) is 0 Å². The molecule has 0 heterocycles. The first-order chi connectivity index (χ1) is 18.4. The van der Waals surface area contributed by atoms with E-state index in [-0.39, 0.29) is 14.9 Å². The number of rotatable bonds is 3. The Morgan fingerprint density at radius 2 is 1.27 bits per heavy atom. The van der Waals surface area contributed by atoms with Crippen LogP contribution in [0, 0.1) is 35.6 Å². The molecule has 0 N–H and O–H groups in total. The molecular weight excluding hydrogens is 576 g/mol. The van der Waals surface area contributed by atoms with Crippen molar-refractivity contribution < 1.29 is 23.3 Å². The molecule has 0 saturated heterocycles. The maximum absolute atomic E-state index is 3.06. The van der Waals surface area contributed by atoms with Crippen molar-refractivity contribution >= 4 is 28.4 Å². The zero-order valence-electron chi connectivity index (χ0n) is 25.0. The van der Waals surface area contributed by atoms with E-state index in [2.05, 4.69) is 151 Å². The van der Waals surface area contributed by atoms with Crippen LogP contribution in [0.3, 0.4) is 0 Å². The summed E-state index contributed by atoms with van der Waals surface area (Å²) in [5.74, 6) is 0.584. The molecule has 2 radical (unpaired) electrons. The van der Waals surface area contributed by atoms with Gasteiger partial charge in [-0.1, -0.05) is 111 Å². The number of hydrogen-bond donors (Lipinski definition) is 0. The Kier molecular flexibility index (Phi) is 12.8. The second-order valence-corrected chi connectivity index (χ2v) is 10.3. The topological polar surface area (TPSA) is 0 Å². The van der Waals surface area contributed by atoms with Gasteiger partial charge in [0.1, 0.15) is 0 Å². The van der Waals surface area contributed by atoms with Gasteiger partial charge >= 0.3 is 30.2 Å². The Morgan fingerprint density at radius 1 is 0.625 bits per heavy atom. The van der Waals surface area contributed by atoms with E-state index in [1.807, 2.05) is 0 Å². The molecule has 0 aliphatic heterocycles. The Bertz CT molecular complexity index is 1650. The molecule has 0 saturated carbocycles. The van der Waals surface area contributed by atoms with Crippen LogP contribution in [-0.2, 0) is 23.3 Å². The van der Waals surface area contributed by atoms with E-state index in [1.54, 1.807) is 0 Å². The standard InChI is InChI=1S/2C18H17.2CH3.Si.Zr/c1-12-5-4-6-15(9-12)16-8-7-14(3)17-10-13(2)11-18(16)17;1-13(2)16-11-15-9-6-10-17(18(15)12-16)14-7-4-3-5-8-14;;;;/h4-11H,1-3H3;3-13H,1-2H3;2*1H3;;/q4*-1;;. The van der Waals surface area contributed by atoms with Crippen LogP contribution in [0.1, 0.15) is 42.0 Å². The fraction of sp³-hybridized carbons (Fsp3) is 0.158. The summed E-state index contributed by atoms with van der Waals surface area (Å²) < 4.78 is 0. The van der Waals surface area contributed by atoms with E-state index in [0.717, 1.165) is 0 Å². The maximum atomic E-state index is 3.06. The quantitative estimate of drug-likeness (QED) is 0.137. The molecule has 0 aliphatic carbocycles. The summed E-state index contributed by atoms with van der Waals surface area (Å²) in [7, 11) is 0. The molecule has 0 bridgehead atoms. The van der Waals surface area contributed by atoms with Crippen LogP contribution in [0.15, 0.2) is 109 Å². The third kappa shape index (κ3) is 7.48. The van der Waals surface area contributed by atoms with Gasteiger partial charge in [-0.15, -0.1) is 68.6 Å². The summed E-state index contributed by atoms with van der Waals surface area (Å²) in [5.41, 5.74) is 10.7. The van der Waals surface area contributed by atoms with E-state index >= 15 is 0 Å². The van der Waals surface area contributed by atoms with Crippen LogP contribution in [0.25, 0.3) is 43.8 Å². The molecule has 0 spiro atoms. The monoisotopic (exact) mass is 614 g/mol. The molecule has 6 rings (SSSR count). The van der Waals surface area contributed by atoms with Crippen molar-refractivity contribution in [1.82, 2.24) is 0 Å². The van der Waals surface area contributed by atoms with Crippen molar-refractivity contribution in [3.8, 4) is 22.3 Å². The zero-order valence-corrected chi connectivity index (χ0v) is 28.4. The number of fused-ring (bicyclic) bond motifs is 2. The summed E-state index contributed by atoms with van der Waals surface area (Å²) >= 11 is 1.36. The summed E-state index contributed by atoms with van der Waals surface area (Å²) in [4.78, 5) is 0. The van der Waals surface area contributed by atoms with Gasteiger partial charge in [-0.05, 0) is 24.0 Å². The van der Waals surface area contributed by atoms with Gasteiger partial charge in [0.25, 0.3) is 0 Å². The van der Waals surface area contributed by atoms with Gasteiger partial charge in [-0.3, -0.25) is 0 Å². The first-order valence-corrected chi connectivity index (χ1v) is 17.3. The second kappa shape index (κ2) is 15.3. The van der Waals surface area contributed by atoms with Crippen LogP contribution >= 0.6 is 0 Å². The SMILES string of the molecule is CC(C)c1cc2c(-c3ccccc3)cccc2[cH-]1.Cc1cccc(-c2ccc(C)c3[cH-]c(C)cc23)c1.[CH3-].[CH3-].[Si]=[Zr]. The van der Waals surface area contributed by atoms with Crippen molar-refractivity contribution in [3.05, 3.63) is 146 Å². The predicted octanol–water partition coefficient (Wildman–Crippen LogP) is 11.0. The number of aryl methyl sites for hydroxylation is 3. The summed E-state index contributed by atoms with van der Waals surface area (Å²) in [5, 5.41) is 5.47. The number of hydrogen-bond acceptors (Lipinski definition) is 0. The van der Waals surface area contributed by atoms with Gasteiger partial charge in [0, 0.05) is 0 Å². The molecule has 0 unspecified atom stereocenters. The average molecular weight is 616 g/mol. The minimum atomic E-state index is 0. The minimum absolute atomic E-state index is 0. The van der Waals surface area contributed by atoms with Crippen LogP contribution < -0.4 is 0 Å². The molecule has 0 fully saturated rings. The van der Waals surface area contributed by atoms with Gasteiger partial charge in [0.2, 0.25) is 0 Å². The van der Waals surface area contributed by atoms with E-state index in [9.17, 15) is 0 Å². The zero-order chi connectivity index (χ0) is 27.2. The molecule has 6 aromatic rings. The van der Waals surface area contributed by atoms with Crippen LogP contribution in [-0.4, -0.2) is 6.88 Å². The molecule has 0 nitrogen and oxygen atoms in total. The fourth-order valence-corrected chi connectivity index (χ4v) is 5.11. The molecule has 0 amide bonds. The normalized spacial score (nSPS) is 10.1. The summed E-state index contributed by atoms with van der Waals surface area (Å²) in [6.45, 7) is 14.0. The Hall–Kier alpha value is -2.80. The van der Waals surface area contributed by atoms with E-state index in [0.29, 0.717) is 5.92 Å². The summed E-state index contributed by atoms with van der Waals surface area (Å²) in [6.07, 6.45) is 0. The van der Waals surface area contributed by atoms with Crippen molar-refractivity contribution in [2.75, 3.05) is 0 Å². The van der Waals surface area contributed by atoms with Gasteiger partial charge in [-0.25, -0.2) is 0 Å². The molecule has 6 aromatic carbocycles. The molecule has 0 aromatic heterocycles. The Morgan fingerprint density at radius 3 is 1.95 bits per heavy atom. The Balaban J connectivity index is 0.000000252. The van der Waals surface area contributed by atoms with E-state index in [1.165, 1.54) is 89.4 Å². The van der Waals surface area contributed by atoms with Crippen molar-refractivity contribution in [1.29, 1.82) is 0 Å².